The molecule has 26 heavy (non-hydrogen) atoms. The van der Waals surface area contributed by atoms with Gasteiger partial charge in [-0.2, -0.15) is 0 Å². The lowest BCUT2D eigenvalue weighted by Gasteiger charge is -2.19. The van der Waals surface area contributed by atoms with Crippen LogP contribution in [-0.2, 0) is 27.1 Å². The lowest BCUT2D eigenvalue weighted by Crippen LogP contribution is -2.24. The van der Waals surface area contributed by atoms with E-state index in [1.165, 1.54) is 13.3 Å². The van der Waals surface area contributed by atoms with Crippen molar-refractivity contribution in [1.82, 2.24) is 4.98 Å². The highest BCUT2D eigenvalue weighted by Crippen LogP contribution is 2.15. The van der Waals surface area contributed by atoms with Gasteiger partial charge in [0.2, 0.25) is 0 Å². The van der Waals surface area contributed by atoms with Gasteiger partial charge in [-0.1, -0.05) is 24.3 Å². The molecule has 2 aromatic rings. The van der Waals surface area contributed by atoms with Crippen LogP contribution in [0.15, 0.2) is 42.7 Å². The molecule has 1 aromatic heterocycles. The van der Waals surface area contributed by atoms with Gasteiger partial charge in [-0.25, -0.2) is 4.79 Å². The van der Waals surface area contributed by atoms with Crippen molar-refractivity contribution in [2.45, 2.75) is 45.6 Å². The van der Waals surface area contributed by atoms with Crippen molar-refractivity contribution in [2.24, 2.45) is 0 Å². The zero-order valence-electron chi connectivity index (χ0n) is 15.7. The standard InChI is InChI=1S/C21H25NO4/c1-21(2,3)26-20(24)18-12-17(13-22-14-18)11-16-7-5-15(6-8-16)9-10-19(23)25-4/h5-8,12-14H,9-11H2,1-4H3. The van der Waals surface area contributed by atoms with E-state index in [9.17, 15) is 9.59 Å². The Labute approximate surface area is 154 Å². The molecule has 5 nitrogen and oxygen atoms in total. The highest BCUT2D eigenvalue weighted by atomic mass is 16.6. The molecular formula is C21H25NO4. The van der Waals surface area contributed by atoms with Crippen molar-refractivity contribution in [3.8, 4) is 0 Å². The quantitative estimate of drug-likeness (QED) is 0.739. The molecule has 5 heteroatoms. The second-order valence-electron chi connectivity index (χ2n) is 7.15. The maximum atomic E-state index is 12.2. The van der Waals surface area contributed by atoms with Gasteiger partial charge in [-0.15, -0.1) is 0 Å². The fourth-order valence-corrected chi connectivity index (χ4v) is 2.44. The van der Waals surface area contributed by atoms with Gasteiger partial charge in [-0.05, 0) is 56.4 Å². The van der Waals surface area contributed by atoms with E-state index in [1.807, 2.05) is 51.1 Å². The summed E-state index contributed by atoms with van der Waals surface area (Å²) in [5, 5.41) is 0. The third-order valence-corrected chi connectivity index (χ3v) is 3.71. The molecule has 0 aliphatic carbocycles. The normalized spacial score (nSPS) is 11.1. The lowest BCUT2D eigenvalue weighted by atomic mass is 10.0. The smallest absolute Gasteiger partial charge is 0.340 e. The van der Waals surface area contributed by atoms with Crippen molar-refractivity contribution in [3.05, 3.63) is 65.0 Å². The number of hydrogen-bond donors (Lipinski definition) is 0. The molecular weight excluding hydrogens is 330 g/mol. The van der Waals surface area contributed by atoms with E-state index in [1.54, 1.807) is 6.20 Å². The fraction of sp³-hybridized carbons (Fsp3) is 0.381. The van der Waals surface area contributed by atoms with Gasteiger partial charge in [0.1, 0.15) is 5.60 Å². The minimum Gasteiger partial charge on any atom is -0.469 e. The summed E-state index contributed by atoms with van der Waals surface area (Å²) in [5.74, 6) is -0.580. The summed E-state index contributed by atoms with van der Waals surface area (Å²) >= 11 is 0. The molecule has 0 radical (unpaired) electrons. The number of carbonyl (C=O) groups excluding carboxylic acids is 2. The first-order chi connectivity index (χ1) is 12.3. The predicted molar refractivity (Wildman–Crippen MR) is 99.0 cm³/mol. The summed E-state index contributed by atoms with van der Waals surface area (Å²) in [5.41, 5.74) is 3.05. The molecule has 0 saturated heterocycles. The van der Waals surface area contributed by atoms with E-state index in [4.69, 9.17) is 4.74 Å². The largest absolute Gasteiger partial charge is 0.469 e. The summed E-state index contributed by atoms with van der Waals surface area (Å²) in [6.07, 6.45) is 4.97. The number of nitrogens with zero attached hydrogens (tertiary/aromatic N) is 1. The van der Waals surface area contributed by atoms with Crippen molar-refractivity contribution in [3.63, 3.8) is 0 Å². The summed E-state index contributed by atoms with van der Waals surface area (Å²) < 4.78 is 10.0. The SMILES string of the molecule is COC(=O)CCc1ccc(Cc2cncc(C(=O)OC(C)(C)C)c2)cc1. The van der Waals surface area contributed by atoms with E-state index < -0.39 is 5.60 Å². The molecule has 0 aliphatic rings. The summed E-state index contributed by atoms with van der Waals surface area (Å²) in [6, 6.07) is 9.86. The maximum absolute atomic E-state index is 12.2. The zero-order valence-corrected chi connectivity index (χ0v) is 15.7. The molecule has 0 atom stereocenters. The van der Waals surface area contributed by atoms with Crippen LogP contribution in [0.2, 0.25) is 0 Å². The molecule has 138 valence electrons. The van der Waals surface area contributed by atoms with Gasteiger partial charge >= 0.3 is 11.9 Å². The van der Waals surface area contributed by atoms with Crippen LogP contribution < -0.4 is 0 Å². The van der Waals surface area contributed by atoms with Crippen molar-refractivity contribution >= 4 is 11.9 Å². The van der Waals surface area contributed by atoms with Crippen molar-refractivity contribution < 1.29 is 19.1 Å². The van der Waals surface area contributed by atoms with Gasteiger partial charge in [0.05, 0.1) is 12.7 Å². The number of aromatic nitrogens is 1. The molecule has 0 amide bonds. The molecule has 0 spiro atoms. The van der Waals surface area contributed by atoms with E-state index in [0.717, 1.165) is 16.7 Å². The van der Waals surface area contributed by atoms with E-state index in [-0.39, 0.29) is 11.9 Å². The Morgan fingerprint density at radius 1 is 1.00 bits per heavy atom. The van der Waals surface area contributed by atoms with Crippen LogP contribution >= 0.6 is 0 Å². The Hall–Kier alpha value is -2.69. The second kappa shape index (κ2) is 8.61. The number of aryl methyl sites for hydroxylation is 1. The van der Waals surface area contributed by atoms with Crippen LogP contribution in [0.5, 0.6) is 0 Å². The molecule has 0 N–H and O–H groups in total. The number of hydrogen-bond acceptors (Lipinski definition) is 5. The van der Waals surface area contributed by atoms with Crippen LogP contribution in [0.4, 0.5) is 0 Å². The minimum atomic E-state index is -0.535. The number of benzene rings is 1. The van der Waals surface area contributed by atoms with Crippen LogP contribution in [0.3, 0.4) is 0 Å². The topological polar surface area (TPSA) is 65.5 Å². The van der Waals surface area contributed by atoms with Crippen LogP contribution in [0.25, 0.3) is 0 Å². The molecule has 2 rings (SSSR count). The van der Waals surface area contributed by atoms with Gasteiger partial charge in [-0.3, -0.25) is 9.78 Å². The van der Waals surface area contributed by atoms with Crippen LogP contribution in [0, 0.1) is 0 Å². The number of methoxy groups -OCH3 is 1. The van der Waals surface area contributed by atoms with Crippen molar-refractivity contribution in [2.75, 3.05) is 7.11 Å². The third kappa shape index (κ3) is 6.31. The van der Waals surface area contributed by atoms with Gasteiger partial charge < -0.3 is 9.47 Å². The predicted octanol–water partition coefficient (Wildman–Crippen LogP) is 3.73. The van der Waals surface area contributed by atoms with Crippen molar-refractivity contribution in [1.29, 1.82) is 0 Å². The monoisotopic (exact) mass is 355 g/mol. The average molecular weight is 355 g/mol. The minimum absolute atomic E-state index is 0.209. The molecule has 0 saturated carbocycles. The fourth-order valence-electron chi connectivity index (χ4n) is 2.44. The van der Waals surface area contributed by atoms with E-state index in [0.29, 0.717) is 24.8 Å². The Morgan fingerprint density at radius 2 is 1.65 bits per heavy atom. The molecule has 1 aromatic carbocycles. The van der Waals surface area contributed by atoms with Gasteiger partial charge in [0, 0.05) is 18.8 Å². The Kier molecular flexibility index (Phi) is 6.50. The zero-order chi connectivity index (χ0) is 19.2. The number of ether oxygens (including phenoxy) is 2. The number of esters is 2. The van der Waals surface area contributed by atoms with Crippen LogP contribution in [-0.4, -0.2) is 29.6 Å². The highest BCUT2D eigenvalue weighted by molar-refractivity contribution is 5.89. The Bertz CT molecular complexity index is 760. The van der Waals surface area contributed by atoms with E-state index in [2.05, 4.69) is 9.72 Å². The molecule has 0 unspecified atom stereocenters. The highest BCUT2D eigenvalue weighted by Gasteiger charge is 2.18. The molecule has 1 heterocycles. The van der Waals surface area contributed by atoms with E-state index >= 15 is 0 Å². The average Bonchev–Trinajstić information content (AvgIpc) is 2.59. The molecule has 0 aliphatic heterocycles. The first-order valence-electron chi connectivity index (χ1n) is 8.59. The molecule has 0 bridgehead atoms. The van der Waals surface area contributed by atoms with Gasteiger partial charge in [0.15, 0.2) is 0 Å². The Balaban J connectivity index is 2.01. The number of pyridine rings is 1. The van der Waals surface area contributed by atoms with Gasteiger partial charge in [0.25, 0.3) is 0 Å². The third-order valence-electron chi connectivity index (χ3n) is 3.71. The number of carbonyl (C=O) groups is 2. The molecule has 0 fully saturated rings. The first kappa shape index (κ1) is 19.6. The summed E-state index contributed by atoms with van der Waals surface area (Å²) in [4.78, 5) is 27.5. The first-order valence-corrected chi connectivity index (χ1v) is 8.59. The summed E-state index contributed by atoms with van der Waals surface area (Å²) in [7, 11) is 1.39. The second-order valence-corrected chi connectivity index (χ2v) is 7.15. The Morgan fingerprint density at radius 3 is 2.27 bits per heavy atom. The maximum Gasteiger partial charge on any atom is 0.340 e. The summed E-state index contributed by atoms with van der Waals surface area (Å²) in [6.45, 7) is 5.51. The number of rotatable bonds is 6. The lowest BCUT2D eigenvalue weighted by molar-refractivity contribution is -0.140. The van der Waals surface area contributed by atoms with Crippen LogP contribution in [0.1, 0.15) is 54.2 Å².